The monoisotopic (exact) mass is 670 g/mol. The van der Waals surface area contributed by atoms with Crippen molar-refractivity contribution in [1.82, 2.24) is 31.9 Å². The summed E-state index contributed by atoms with van der Waals surface area (Å²) in [5.74, 6) is -5.41. The molecule has 0 aromatic carbocycles. The molecule has 0 aliphatic heterocycles. The van der Waals surface area contributed by atoms with Gasteiger partial charge in [0.15, 0.2) is 5.96 Å². The highest BCUT2D eigenvalue weighted by atomic mass is 16.4. The molecule has 0 bridgehead atoms. The second-order valence-electron chi connectivity index (χ2n) is 12.3. The van der Waals surface area contributed by atoms with E-state index in [0.717, 1.165) is 0 Å². The molecule has 0 rings (SSSR count). The Morgan fingerprint density at radius 3 is 1.55 bits per heavy atom. The number of hydrogen-bond acceptors (Lipinski definition) is 9. The van der Waals surface area contributed by atoms with Crippen molar-refractivity contribution < 1.29 is 38.7 Å². The van der Waals surface area contributed by atoms with Gasteiger partial charge in [0.2, 0.25) is 35.4 Å². The zero-order valence-electron chi connectivity index (χ0n) is 28.3. The summed E-state index contributed by atoms with van der Waals surface area (Å²) in [6.07, 6.45) is 0.760. The maximum Gasteiger partial charge on any atom is 0.326 e. The lowest BCUT2D eigenvalue weighted by Gasteiger charge is -2.24. The van der Waals surface area contributed by atoms with Crippen LogP contribution in [-0.2, 0) is 33.6 Å². The van der Waals surface area contributed by atoms with Gasteiger partial charge in [0, 0.05) is 6.54 Å². The maximum atomic E-state index is 13.1. The molecule has 13 N–H and O–H groups in total. The van der Waals surface area contributed by atoms with Crippen LogP contribution in [0.2, 0.25) is 0 Å². The number of rotatable bonds is 21. The van der Waals surface area contributed by atoms with Gasteiger partial charge < -0.3 is 54.2 Å². The summed E-state index contributed by atoms with van der Waals surface area (Å²) in [6.45, 7) is 11.3. The van der Waals surface area contributed by atoms with Gasteiger partial charge in [-0.3, -0.25) is 33.8 Å². The SMILES string of the molecule is CC(C)CC(NC(=O)CNC(=O)C(CC(C)C)NC(=O)C(C)NC(=O)C(C)N)C(=O)NC(C)C(=O)NC(CCCN=C(N)N)C(=O)O. The van der Waals surface area contributed by atoms with Gasteiger partial charge in [-0.05, 0) is 58.3 Å². The minimum Gasteiger partial charge on any atom is -0.480 e. The first-order chi connectivity index (χ1) is 21.7. The molecule has 0 heterocycles. The molecule has 6 amide bonds. The summed E-state index contributed by atoms with van der Waals surface area (Å²) in [7, 11) is 0. The second kappa shape index (κ2) is 21.3. The molecule has 0 spiro atoms. The Morgan fingerprint density at radius 1 is 0.638 bits per heavy atom. The zero-order valence-corrected chi connectivity index (χ0v) is 28.3. The fraction of sp³-hybridized carbons (Fsp3) is 0.724. The minimum absolute atomic E-state index is 0.0115. The van der Waals surface area contributed by atoms with E-state index in [1.54, 1.807) is 0 Å². The van der Waals surface area contributed by atoms with Gasteiger partial charge >= 0.3 is 5.97 Å². The molecule has 47 heavy (non-hydrogen) atoms. The van der Waals surface area contributed by atoms with E-state index in [2.05, 4.69) is 36.9 Å². The first-order valence-corrected chi connectivity index (χ1v) is 15.6. The molecule has 0 aliphatic rings. The van der Waals surface area contributed by atoms with Gasteiger partial charge in [-0.1, -0.05) is 27.7 Å². The molecule has 0 aromatic heterocycles. The van der Waals surface area contributed by atoms with E-state index in [1.807, 2.05) is 27.7 Å². The minimum atomic E-state index is -1.27. The molecule has 0 aromatic rings. The van der Waals surface area contributed by atoms with Gasteiger partial charge in [-0.2, -0.15) is 0 Å². The number of nitrogens with zero attached hydrogens (tertiary/aromatic N) is 1. The summed E-state index contributed by atoms with van der Waals surface area (Å²) in [5, 5.41) is 24.4. The third-order valence-electron chi connectivity index (χ3n) is 6.60. The van der Waals surface area contributed by atoms with Gasteiger partial charge in [0.25, 0.3) is 0 Å². The Morgan fingerprint density at radius 2 is 1.11 bits per heavy atom. The number of nitrogens with one attached hydrogen (secondary N) is 6. The van der Waals surface area contributed by atoms with Crippen molar-refractivity contribution in [2.24, 2.45) is 34.0 Å². The molecule has 0 saturated heterocycles. The number of aliphatic imine (C=N–C) groups is 1. The molecule has 18 heteroatoms. The van der Waals surface area contributed by atoms with Crippen molar-refractivity contribution in [2.75, 3.05) is 13.1 Å². The average Bonchev–Trinajstić information content (AvgIpc) is 2.95. The van der Waals surface area contributed by atoms with Crippen LogP contribution in [0.15, 0.2) is 4.99 Å². The molecule has 6 unspecified atom stereocenters. The maximum absolute atomic E-state index is 13.1. The number of carbonyl (C=O) groups is 7. The molecule has 0 fully saturated rings. The van der Waals surface area contributed by atoms with E-state index in [-0.39, 0.29) is 50.0 Å². The number of carboxylic acids is 1. The van der Waals surface area contributed by atoms with Gasteiger partial charge in [-0.15, -0.1) is 0 Å². The van der Waals surface area contributed by atoms with Crippen molar-refractivity contribution in [1.29, 1.82) is 0 Å². The summed E-state index contributed by atoms with van der Waals surface area (Å²) in [6, 6.07) is -6.28. The fourth-order valence-corrected chi connectivity index (χ4v) is 4.09. The third-order valence-corrected chi connectivity index (χ3v) is 6.60. The van der Waals surface area contributed by atoms with Crippen LogP contribution in [-0.4, -0.2) is 102 Å². The predicted octanol–water partition coefficient (Wildman–Crippen LogP) is -2.86. The lowest BCUT2D eigenvalue weighted by molar-refractivity contribution is -0.142. The van der Waals surface area contributed by atoms with Crippen molar-refractivity contribution >= 4 is 47.4 Å². The van der Waals surface area contributed by atoms with Crippen molar-refractivity contribution in [3.63, 3.8) is 0 Å². The quantitative estimate of drug-likeness (QED) is 0.0336. The van der Waals surface area contributed by atoms with Crippen LogP contribution >= 0.6 is 0 Å². The number of carboxylic acid groups (broad SMARTS) is 1. The molecule has 268 valence electrons. The first kappa shape index (κ1) is 42.5. The molecule has 18 nitrogen and oxygen atoms in total. The van der Waals surface area contributed by atoms with Crippen molar-refractivity contribution in [3.8, 4) is 0 Å². The Bertz CT molecular complexity index is 1120. The van der Waals surface area contributed by atoms with Crippen LogP contribution in [0, 0.1) is 11.8 Å². The molecule has 6 atom stereocenters. The van der Waals surface area contributed by atoms with Gasteiger partial charge in [-0.25, -0.2) is 4.79 Å². The largest absolute Gasteiger partial charge is 0.480 e. The van der Waals surface area contributed by atoms with Crippen LogP contribution < -0.4 is 49.1 Å². The van der Waals surface area contributed by atoms with E-state index in [9.17, 15) is 38.7 Å². The Labute approximate surface area is 275 Å². The smallest absolute Gasteiger partial charge is 0.326 e. The van der Waals surface area contributed by atoms with E-state index < -0.39 is 84.2 Å². The molecular weight excluding hydrogens is 616 g/mol. The topological polar surface area (TPSA) is 302 Å². The Balaban J connectivity index is 5.30. The van der Waals surface area contributed by atoms with E-state index in [0.29, 0.717) is 0 Å². The zero-order chi connectivity index (χ0) is 36.4. The predicted molar refractivity (Wildman–Crippen MR) is 174 cm³/mol. The van der Waals surface area contributed by atoms with Gasteiger partial charge in [0.1, 0.15) is 30.2 Å². The first-order valence-electron chi connectivity index (χ1n) is 15.6. The highest BCUT2D eigenvalue weighted by Crippen LogP contribution is 2.07. The van der Waals surface area contributed by atoms with Gasteiger partial charge in [0.05, 0.1) is 12.6 Å². The standard InChI is InChI=1S/C29H54N10O8/c1-14(2)11-20(39-25(43)17(6)35-23(41)16(5)30)26(44)34-13-22(40)37-21(12-15(3)4)27(45)36-18(7)24(42)38-19(28(46)47)9-8-10-33-29(31)32/h14-21H,8-13,30H2,1-7H3,(H,34,44)(H,35,41)(H,36,45)(H,37,40)(H,38,42)(H,39,43)(H,46,47)(H4,31,32,33). The average molecular weight is 671 g/mol. The fourth-order valence-electron chi connectivity index (χ4n) is 4.09. The van der Waals surface area contributed by atoms with Crippen molar-refractivity contribution in [2.45, 2.75) is 110 Å². The van der Waals surface area contributed by atoms with E-state index in [1.165, 1.54) is 20.8 Å². The number of aliphatic carboxylic acids is 1. The number of amides is 6. The highest BCUT2D eigenvalue weighted by molar-refractivity contribution is 5.95. The summed E-state index contributed by atoms with van der Waals surface area (Å²) in [4.78, 5) is 91.3. The molecule has 0 saturated carbocycles. The number of carbonyl (C=O) groups excluding carboxylic acids is 6. The number of guanidine groups is 1. The molecular formula is C29H54N10O8. The highest BCUT2D eigenvalue weighted by Gasteiger charge is 2.29. The second-order valence-corrected chi connectivity index (χ2v) is 12.3. The van der Waals surface area contributed by atoms with Crippen LogP contribution in [0.3, 0.4) is 0 Å². The normalized spacial score (nSPS) is 14.8. The molecule has 0 radical (unpaired) electrons. The van der Waals surface area contributed by atoms with Crippen LogP contribution in [0.4, 0.5) is 0 Å². The Hall–Kier alpha value is -4.48. The summed E-state index contributed by atoms with van der Waals surface area (Å²) in [5.41, 5.74) is 16.0. The lowest BCUT2D eigenvalue weighted by atomic mass is 10.0. The van der Waals surface area contributed by atoms with E-state index in [4.69, 9.17) is 17.2 Å². The van der Waals surface area contributed by atoms with E-state index >= 15 is 0 Å². The number of hydrogen-bond donors (Lipinski definition) is 10. The summed E-state index contributed by atoms with van der Waals surface area (Å²) >= 11 is 0. The van der Waals surface area contributed by atoms with Crippen LogP contribution in [0.25, 0.3) is 0 Å². The summed E-state index contributed by atoms with van der Waals surface area (Å²) < 4.78 is 0. The van der Waals surface area contributed by atoms with Crippen LogP contribution in [0.5, 0.6) is 0 Å². The third kappa shape index (κ3) is 18.3. The van der Waals surface area contributed by atoms with Crippen molar-refractivity contribution in [3.05, 3.63) is 0 Å². The van der Waals surface area contributed by atoms with Crippen LogP contribution in [0.1, 0.15) is 74.1 Å². The Kier molecular flexibility index (Phi) is 19.3. The number of nitrogens with two attached hydrogens (primary N) is 3. The lowest BCUT2D eigenvalue weighted by Crippen LogP contribution is -2.57. The molecule has 0 aliphatic carbocycles.